The molecule has 150 valence electrons. The molecule has 3 N–H and O–H groups in total. The number of rotatable bonds is 8. The number of methoxy groups -OCH3 is 1. The number of anilines is 3. The third-order valence-electron chi connectivity index (χ3n) is 4.16. The van der Waals surface area contributed by atoms with Gasteiger partial charge in [-0.25, -0.2) is 0 Å². The molecule has 0 aliphatic heterocycles. The van der Waals surface area contributed by atoms with Gasteiger partial charge in [0.15, 0.2) is 12.4 Å². The predicted molar refractivity (Wildman–Crippen MR) is 110 cm³/mol. The highest BCUT2D eigenvalue weighted by Gasteiger charge is 2.10. The number of nitrogen functional groups attached to an aromatic ring is 1. The lowest BCUT2D eigenvalue weighted by atomic mass is 10.1. The van der Waals surface area contributed by atoms with Crippen molar-refractivity contribution in [2.45, 2.75) is 26.4 Å². The van der Waals surface area contributed by atoms with Gasteiger partial charge in [-0.05, 0) is 37.1 Å². The number of carbonyl (C=O) groups excluding carboxylic acids is 1. The molecule has 1 aromatic heterocycles. The summed E-state index contributed by atoms with van der Waals surface area (Å²) in [5.41, 5.74) is 8.66. The van der Waals surface area contributed by atoms with E-state index in [1.807, 2.05) is 55.5 Å². The second kappa shape index (κ2) is 9.50. The minimum Gasteiger partial charge on any atom is -0.496 e. The molecule has 8 nitrogen and oxygen atoms in total. The monoisotopic (exact) mass is 393 g/mol. The van der Waals surface area contributed by atoms with E-state index in [-0.39, 0.29) is 30.8 Å². The summed E-state index contributed by atoms with van der Waals surface area (Å²) in [6.07, 6.45) is 0.734. The van der Waals surface area contributed by atoms with E-state index in [9.17, 15) is 4.79 Å². The first-order valence-electron chi connectivity index (χ1n) is 9.15. The summed E-state index contributed by atoms with van der Waals surface area (Å²) in [5, 5.41) is 3.06. The highest BCUT2D eigenvalue weighted by Crippen LogP contribution is 2.19. The molecule has 29 heavy (non-hydrogen) atoms. The Hall–Kier alpha value is -3.68. The van der Waals surface area contributed by atoms with Crippen LogP contribution < -0.4 is 15.8 Å². The van der Waals surface area contributed by atoms with Crippen LogP contribution in [0.3, 0.4) is 0 Å². The second-order valence-electron chi connectivity index (χ2n) is 6.40. The first-order chi connectivity index (χ1) is 14.0. The number of carbonyl (C=O) groups is 1. The lowest BCUT2D eigenvalue weighted by molar-refractivity contribution is -0.145. The van der Waals surface area contributed by atoms with Gasteiger partial charge in [-0.1, -0.05) is 35.9 Å². The zero-order valence-electron chi connectivity index (χ0n) is 16.4. The van der Waals surface area contributed by atoms with Gasteiger partial charge >= 0.3 is 5.97 Å². The van der Waals surface area contributed by atoms with E-state index in [0.717, 1.165) is 22.6 Å². The summed E-state index contributed by atoms with van der Waals surface area (Å²) < 4.78 is 10.6. The summed E-state index contributed by atoms with van der Waals surface area (Å²) >= 11 is 0. The van der Waals surface area contributed by atoms with Crippen molar-refractivity contribution in [3.8, 4) is 5.75 Å². The number of aryl methyl sites for hydroxylation is 2. The Morgan fingerprint density at radius 3 is 2.59 bits per heavy atom. The Balaban J connectivity index is 1.56. The number of nitrogens with two attached hydrogens (primary N) is 1. The standard InChI is InChI=1S/C21H23N5O3/c1-14-7-10-16(11-8-14)23-21-25-18(24-20(22)26-21)13-29-19(27)12-9-15-5-3-4-6-17(15)28-2/h3-8,10-11H,9,12-13H2,1-2H3,(H3,22,23,24,25,26). The summed E-state index contributed by atoms with van der Waals surface area (Å²) in [6, 6.07) is 15.3. The van der Waals surface area contributed by atoms with Crippen molar-refractivity contribution in [2.75, 3.05) is 18.2 Å². The number of esters is 1. The smallest absolute Gasteiger partial charge is 0.306 e. The van der Waals surface area contributed by atoms with Crippen LogP contribution in [0.25, 0.3) is 0 Å². The van der Waals surface area contributed by atoms with Crippen molar-refractivity contribution < 1.29 is 14.3 Å². The van der Waals surface area contributed by atoms with Crippen molar-refractivity contribution >= 4 is 23.6 Å². The summed E-state index contributed by atoms with van der Waals surface area (Å²) in [4.78, 5) is 24.4. The molecule has 0 aliphatic carbocycles. The van der Waals surface area contributed by atoms with Crippen LogP contribution in [-0.2, 0) is 22.6 Å². The molecule has 0 spiro atoms. The molecule has 1 heterocycles. The van der Waals surface area contributed by atoms with Crippen molar-refractivity contribution in [1.82, 2.24) is 15.0 Å². The Bertz CT molecular complexity index is 976. The molecule has 3 rings (SSSR count). The van der Waals surface area contributed by atoms with Crippen LogP contribution in [0.1, 0.15) is 23.4 Å². The summed E-state index contributed by atoms with van der Waals surface area (Å²) in [6.45, 7) is 1.92. The predicted octanol–water partition coefficient (Wildman–Crippen LogP) is 3.19. The first-order valence-corrected chi connectivity index (χ1v) is 9.15. The van der Waals surface area contributed by atoms with E-state index in [0.29, 0.717) is 12.4 Å². The van der Waals surface area contributed by atoms with E-state index in [2.05, 4.69) is 20.3 Å². The Morgan fingerprint density at radius 2 is 1.83 bits per heavy atom. The molecule has 0 saturated heterocycles. The minimum absolute atomic E-state index is 0.0506. The first kappa shape index (κ1) is 20.1. The van der Waals surface area contributed by atoms with Crippen molar-refractivity contribution in [3.63, 3.8) is 0 Å². The number of ether oxygens (including phenoxy) is 2. The highest BCUT2D eigenvalue weighted by molar-refractivity contribution is 5.69. The molecule has 3 aromatic rings. The van der Waals surface area contributed by atoms with E-state index in [1.165, 1.54) is 0 Å². The van der Waals surface area contributed by atoms with Gasteiger partial charge in [-0.15, -0.1) is 0 Å². The number of hydrogen-bond donors (Lipinski definition) is 2. The number of benzene rings is 2. The number of nitrogens with one attached hydrogen (secondary N) is 1. The molecule has 0 amide bonds. The molecule has 2 aromatic carbocycles. The third kappa shape index (κ3) is 5.90. The van der Waals surface area contributed by atoms with Crippen molar-refractivity contribution in [2.24, 2.45) is 0 Å². The van der Waals surface area contributed by atoms with Crippen LogP contribution in [0.2, 0.25) is 0 Å². The number of aromatic nitrogens is 3. The normalized spacial score (nSPS) is 10.4. The molecule has 0 bridgehead atoms. The van der Waals surface area contributed by atoms with Gasteiger partial charge in [-0.3, -0.25) is 4.79 Å². The van der Waals surface area contributed by atoms with Crippen molar-refractivity contribution in [3.05, 3.63) is 65.5 Å². The van der Waals surface area contributed by atoms with Gasteiger partial charge in [-0.2, -0.15) is 15.0 Å². The molecular weight excluding hydrogens is 370 g/mol. The van der Waals surface area contributed by atoms with Gasteiger partial charge in [0.2, 0.25) is 11.9 Å². The van der Waals surface area contributed by atoms with Crippen LogP contribution in [0.4, 0.5) is 17.6 Å². The molecule has 8 heteroatoms. The van der Waals surface area contributed by atoms with Gasteiger partial charge in [0.05, 0.1) is 7.11 Å². The van der Waals surface area contributed by atoms with E-state index >= 15 is 0 Å². The lowest BCUT2D eigenvalue weighted by Crippen LogP contribution is -2.11. The molecule has 0 unspecified atom stereocenters. The van der Waals surface area contributed by atoms with Crippen LogP contribution >= 0.6 is 0 Å². The maximum Gasteiger partial charge on any atom is 0.306 e. The molecule has 0 radical (unpaired) electrons. The maximum atomic E-state index is 12.1. The number of hydrogen-bond acceptors (Lipinski definition) is 8. The van der Waals surface area contributed by atoms with Crippen molar-refractivity contribution in [1.29, 1.82) is 0 Å². The average molecular weight is 393 g/mol. The highest BCUT2D eigenvalue weighted by atomic mass is 16.5. The van der Waals surface area contributed by atoms with E-state index in [1.54, 1.807) is 7.11 Å². The fourth-order valence-electron chi connectivity index (χ4n) is 2.69. The Labute approximate surface area is 169 Å². The van der Waals surface area contributed by atoms with Crippen LogP contribution in [-0.4, -0.2) is 28.0 Å². The molecule has 0 aliphatic rings. The molecular formula is C21H23N5O3. The van der Waals surface area contributed by atoms with Gasteiger partial charge in [0, 0.05) is 12.1 Å². The van der Waals surface area contributed by atoms with E-state index < -0.39 is 0 Å². The Morgan fingerprint density at radius 1 is 1.07 bits per heavy atom. The van der Waals surface area contributed by atoms with Crippen LogP contribution in [0.15, 0.2) is 48.5 Å². The number of para-hydroxylation sites is 1. The molecule has 0 saturated carbocycles. The topological polar surface area (TPSA) is 112 Å². The zero-order chi connectivity index (χ0) is 20.6. The zero-order valence-corrected chi connectivity index (χ0v) is 16.4. The third-order valence-corrected chi connectivity index (χ3v) is 4.16. The molecule has 0 fully saturated rings. The minimum atomic E-state index is -0.358. The fourth-order valence-corrected chi connectivity index (χ4v) is 2.69. The number of nitrogens with zero attached hydrogens (tertiary/aromatic N) is 3. The summed E-state index contributed by atoms with van der Waals surface area (Å²) in [7, 11) is 1.60. The van der Waals surface area contributed by atoms with Crippen LogP contribution in [0.5, 0.6) is 5.75 Å². The SMILES string of the molecule is COc1ccccc1CCC(=O)OCc1nc(N)nc(Nc2ccc(C)cc2)n1. The second-order valence-corrected chi connectivity index (χ2v) is 6.40. The van der Waals surface area contributed by atoms with Gasteiger partial charge < -0.3 is 20.5 Å². The molecule has 0 atom stereocenters. The quantitative estimate of drug-likeness (QED) is 0.561. The average Bonchev–Trinajstić information content (AvgIpc) is 2.72. The Kier molecular flexibility index (Phi) is 6.57. The van der Waals surface area contributed by atoms with Gasteiger partial charge in [0.25, 0.3) is 0 Å². The fraction of sp³-hybridized carbons (Fsp3) is 0.238. The van der Waals surface area contributed by atoms with Crippen LogP contribution in [0, 0.1) is 6.92 Å². The maximum absolute atomic E-state index is 12.1. The summed E-state index contributed by atoms with van der Waals surface area (Å²) in [5.74, 6) is 1.01. The van der Waals surface area contributed by atoms with E-state index in [4.69, 9.17) is 15.2 Å². The van der Waals surface area contributed by atoms with Gasteiger partial charge in [0.1, 0.15) is 5.75 Å². The lowest BCUT2D eigenvalue weighted by Gasteiger charge is -2.09. The largest absolute Gasteiger partial charge is 0.496 e.